The topological polar surface area (TPSA) is 51.7 Å². The molecule has 0 spiro atoms. The summed E-state index contributed by atoms with van der Waals surface area (Å²) in [5.74, 6) is 1.05. The molecule has 32 heavy (non-hydrogen) atoms. The predicted octanol–water partition coefficient (Wildman–Crippen LogP) is 5.12. The number of carbonyl (C=O) groups is 1. The third kappa shape index (κ3) is 4.59. The smallest absolute Gasteiger partial charge is 0.227 e. The van der Waals surface area contributed by atoms with E-state index in [0.29, 0.717) is 18.0 Å². The number of hydrogen-bond donors (Lipinski definition) is 0. The van der Waals surface area contributed by atoms with Crippen LogP contribution in [0.2, 0.25) is 0 Å². The van der Waals surface area contributed by atoms with Crippen molar-refractivity contribution < 1.29 is 18.7 Å². The van der Waals surface area contributed by atoms with Gasteiger partial charge in [-0.05, 0) is 72.9 Å². The van der Waals surface area contributed by atoms with Gasteiger partial charge in [0.1, 0.15) is 5.82 Å². The number of benzene rings is 2. The molecule has 1 fully saturated rings. The average Bonchev–Trinajstić information content (AvgIpc) is 3.29. The van der Waals surface area contributed by atoms with Gasteiger partial charge >= 0.3 is 0 Å². The third-order valence-corrected chi connectivity index (χ3v) is 5.87. The highest BCUT2D eigenvalue weighted by atomic mass is 19.1. The maximum atomic E-state index is 13.3. The minimum Gasteiger partial charge on any atom is -0.493 e. The molecule has 0 aliphatic carbocycles. The molecule has 1 aromatic heterocycles. The van der Waals surface area contributed by atoms with E-state index in [-0.39, 0.29) is 24.2 Å². The van der Waals surface area contributed by atoms with Crippen molar-refractivity contribution in [2.75, 3.05) is 20.8 Å². The Labute approximate surface area is 187 Å². The summed E-state index contributed by atoms with van der Waals surface area (Å²) in [4.78, 5) is 19.9. The Hall–Kier alpha value is -3.41. The average molecular weight is 435 g/mol. The molecule has 1 saturated heterocycles. The summed E-state index contributed by atoms with van der Waals surface area (Å²) in [6.45, 7) is 2.65. The molecule has 2 heterocycles. The van der Waals surface area contributed by atoms with Crippen LogP contribution in [-0.4, -0.2) is 36.6 Å². The number of aryl methyl sites for hydroxylation is 1. The van der Waals surface area contributed by atoms with Crippen LogP contribution in [0.5, 0.6) is 11.5 Å². The predicted molar refractivity (Wildman–Crippen MR) is 121 cm³/mol. The van der Waals surface area contributed by atoms with E-state index in [2.05, 4.69) is 0 Å². The van der Waals surface area contributed by atoms with Gasteiger partial charge in [0.15, 0.2) is 11.5 Å². The van der Waals surface area contributed by atoms with E-state index < -0.39 is 0 Å². The van der Waals surface area contributed by atoms with E-state index in [1.54, 1.807) is 26.4 Å². The number of aromatic nitrogens is 1. The standard InChI is InChI=1S/C26H27FN2O3/c1-17-13-20(19-7-9-21(27)10-8-19)16-22(28-17)23-5-4-12-29(23)26(30)15-18-6-11-24(31-2)25(14-18)32-3/h6-11,13-14,16,23H,4-5,12,15H2,1-3H3/t23-/m0/s1. The summed E-state index contributed by atoms with van der Waals surface area (Å²) < 4.78 is 24.0. The highest BCUT2D eigenvalue weighted by Crippen LogP contribution is 2.34. The van der Waals surface area contributed by atoms with E-state index in [1.807, 2.05) is 42.2 Å². The fraction of sp³-hybridized carbons (Fsp3) is 0.308. The Morgan fingerprint density at radius 2 is 1.78 bits per heavy atom. The number of amides is 1. The van der Waals surface area contributed by atoms with Gasteiger partial charge in [-0.1, -0.05) is 18.2 Å². The molecule has 6 heteroatoms. The quantitative estimate of drug-likeness (QED) is 0.540. The van der Waals surface area contributed by atoms with Gasteiger partial charge in [-0.25, -0.2) is 4.39 Å². The minimum absolute atomic E-state index is 0.0614. The van der Waals surface area contributed by atoms with Crippen LogP contribution in [0, 0.1) is 12.7 Å². The lowest BCUT2D eigenvalue weighted by molar-refractivity contribution is -0.131. The number of pyridine rings is 1. The molecule has 5 nitrogen and oxygen atoms in total. The molecule has 0 N–H and O–H groups in total. The Kier molecular flexibility index (Phi) is 6.40. The van der Waals surface area contributed by atoms with Gasteiger partial charge in [0.05, 0.1) is 32.4 Å². The molecular formula is C26H27FN2O3. The van der Waals surface area contributed by atoms with Crippen LogP contribution in [0.15, 0.2) is 54.6 Å². The van der Waals surface area contributed by atoms with Crippen molar-refractivity contribution in [1.29, 1.82) is 0 Å². The van der Waals surface area contributed by atoms with E-state index in [1.165, 1.54) is 12.1 Å². The number of carbonyl (C=O) groups excluding carboxylic acids is 1. The van der Waals surface area contributed by atoms with Gasteiger partial charge in [-0.3, -0.25) is 9.78 Å². The highest BCUT2D eigenvalue weighted by Gasteiger charge is 2.31. The first-order valence-electron chi connectivity index (χ1n) is 10.7. The summed E-state index contributed by atoms with van der Waals surface area (Å²) in [6, 6.07) is 15.9. The maximum Gasteiger partial charge on any atom is 0.227 e. The zero-order valence-corrected chi connectivity index (χ0v) is 18.6. The van der Waals surface area contributed by atoms with Crippen molar-refractivity contribution in [2.24, 2.45) is 0 Å². The lowest BCUT2D eigenvalue weighted by Crippen LogP contribution is -2.32. The number of likely N-dealkylation sites (tertiary alicyclic amines) is 1. The molecule has 0 radical (unpaired) electrons. The summed E-state index contributed by atoms with van der Waals surface area (Å²) in [7, 11) is 3.18. The number of methoxy groups -OCH3 is 2. The van der Waals surface area contributed by atoms with Crippen LogP contribution in [0.1, 0.15) is 35.8 Å². The van der Waals surface area contributed by atoms with Crippen LogP contribution in [0.3, 0.4) is 0 Å². The zero-order valence-electron chi connectivity index (χ0n) is 18.6. The van der Waals surface area contributed by atoms with Crippen molar-refractivity contribution in [3.8, 4) is 22.6 Å². The first-order valence-corrected chi connectivity index (χ1v) is 10.7. The summed E-state index contributed by atoms with van der Waals surface area (Å²) >= 11 is 0. The molecule has 1 atom stereocenters. The van der Waals surface area contributed by atoms with E-state index >= 15 is 0 Å². The van der Waals surface area contributed by atoms with Crippen LogP contribution in [-0.2, 0) is 11.2 Å². The number of hydrogen-bond acceptors (Lipinski definition) is 4. The Morgan fingerprint density at radius 3 is 2.50 bits per heavy atom. The highest BCUT2D eigenvalue weighted by molar-refractivity contribution is 5.80. The van der Waals surface area contributed by atoms with Crippen LogP contribution in [0.25, 0.3) is 11.1 Å². The first kappa shape index (κ1) is 21.8. The molecule has 0 saturated carbocycles. The molecule has 1 aliphatic heterocycles. The molecular weight excluding hydrogens is 407 g/mol. The minimum atomic E-state index is -0.262. The SMILES string of the molecule is COc1ccc(CC(=O)N2CCC[C@H]2c2cc(-c3ccc(F)cc3)cc(C)n2)cc1OC. The van der Waals surface area contributed by atoms with Gasteiger partial charge < -0.3 is 14.4 Å². The van der Waals surface area contributed by atoms with Crippen LogP contribution < -0.4 is 9.47 Å². The van der Waals surface area contributed by atoms with E-state index in [0.717, 1.165) is 40.9 Å². The number of rotatable bonds is 6. The van der Waals surface area contributed by atoms with Crippen LogP contribution in [0.4, 0.5) is 4.39 Å². The summed E-state index contributed by atoms with van der Waals surface area (Å²) in [6.07, 6.45) is 2.09. The largest absolute Gasteiger partial charge is 0.493 e. The summed E-state index contributed by atoms with van der Waals surface area (Å²) in [5.41, 5.74) is 4.54. The third-order valence-electron chi connectivity index (χ3n) is 5.87. The molecule has 1 aliphatic rings. The molecule has 1 amide bonds. The lowest BCUT2D eigenvalue weighted by atomic mass is 10.0. The van der Waals surface area contributed by atoms with Gasteiger partial charge in [0.2, 0.25) is 5.91 Å². The number of ether oxygens (including phenoxy) is 2. The maximum absolute atomic E-state index is 13.3. The second-order valence-electron chi connectivity index (χ2n) is 8.04. The molecule has 166 valence electrons. The molecule has 0 bridgehead atoms. The molecule has 4 rings (SSSR count). The molecule has 3 aromatic rings. The van der Waals surface area contributed by atoms with E-state index in [9.17, 15) is 9.18 Å². The monoisotopic (exact) mass is 434 g/mol. The van der Waals surface area contributed by atoms with E-state index in [4.69, 9.17) is 14.5 Å². The van der Waals surface area contributed by atoms with Gasteiger partial charge in [0.25, 0.3) is 0 Å². The van der Waals surface area contributed by atoms with Crippen molar-refractivity contribution in [3.63, 3.8) is 0 Å². The van der Waals surface area contributed by atoms with Crippen molar-refractivity contribution in [3.05, 3.63) is 77.4 Å². The summed E-state index contributed by atoms with van der Waals surface area (Å²) in [5, 5.41) is 0. The first-order chi connectivity index (χ1) is 15.5. The number of halogens is 1. The Morgan fingerprint density at radius 1 is 1.03 bits per heavy atom. The van der Waals surface area contributed by atoms with Crippen molar-refractivity contribution >= 4 is 5.91 Å². The van der Waals surface area contributed by atoms with Gasteiger partial charge in [0, 0.05) is 12.2 Å². The second kappa shape index (κ2) is 9.39. The fourth-order valence-electron chi connectivity index (χ4n) is 4.31. The van der Waals surface area contributed by atoms with Crippen molar-refractivity contribution in [1.82, 2.24) is 9.88 Å². The zero-order chi connectivity index (χ0) is 22.7. The van der Waals surface area contributed by atoms with Crippen molar-refractivity contribution in [2.45, 2.75) is 32.2 Å². The van der Waals surface area contributed by atoms with Gasteiger partial charge in [-0.15, -0.1) is 0 Å². The molecule has 0 unspecified atom stereocenters. The fourth-order valence-corrected chi connectivity index (χ4v) is 4.31. The normalized spacial score (nSPS) is 15.6. The second-order valence-corrected chi connectivity index (χ2v) is 8.04. The Bertz CT molecular complexity index is 1110. The van der Waals surface area contributed by atoms with Gasteiger partial charge in [-0.2, -0.15) is 0 Å². The lowest BCUT2D eigenvalue weighted by Gasteiger charge is -2.25. The Balaban J connectivity index is 1.57. The molecule has 2 aromatic carbocycles. The number of nitrogens with zero attached hydrogens (tertiary/aromatic N) is 2. The van der Waals surface area contributed by atoms with Crippen LogP contribution >= 0.6 is 0 Å².